The fourth-order valence-electron chi connectivity index (χ4n) is 5.14. The summed E-state index contributed by atoms with van der Waals surface area (Å²) in [5.74, 6) is 1.90. The van der Waals surface area contributed by atoms with E-state index >= 15 is 0 Å². The summed E-state index contributed by atoms with van der Waals surface area (Å²) in [4.78, 5) is 20.8. The van der Waals surface area contributed by atoms with E-state index < -0.39 is 0 Å². The molecule has 2 fully saturated rings. The highest BCUT2D eigenvalue weighted by atomic mass is 32.2. The van der Waals surface area contributed by atoms with Crippen LogP contribution in [0.5, 0.6) is 11.5 Å². The number of hydrogen-bond donors (Lipinski definition) is 0. The molecular formula is C30H43N3O4S. The van der Waals surface area contributed by atoms with Gasteiger partial charge in [0.2, 0.25) is 0 Å². The average Bonchev–Trinajstić information content (AvgIpc) is 2.92. The monoisotopic (exact) mass is 541 g/mol. The maximum atomic E-state index is 12.9. The van der Waals surface area contributed by atoms with Crippen molar-refractivity contribution in [1.29, 1.82) is 0 Å². The molecule has 2 aliphatic rings. The lowest BCUT2D eigenvalue weighted by atomic mass is 9.98. The minimum Gasteiger partial charge on any atom is -0.497 e. The number of likely N-dealkylation sites (tertiary alicyclic amines) is 1. The predicted octanol–water partition coefficient (Wildman–Crippen LogP) is 5.77. The van der Waals surface area contributed by atoms with Gasteiger partial charge in [0.05, 0.1) is 20.8 Å². The fourth-order valence-corrected chi connectivity index (χ4v) is 6.21. The minimum absolute atomic E-state index is 0.182. The fraction of sp³-hybridized carbons (Fsp3) is 0.567. The van der Waals surface area contributed by atoms with Crippen LogP contribution in [0.4, 0.5) is 10.5 Å². The van der Waals surface area contributed by atoms with Crippen LogP contribution in [0.2, 0.25) is 0 Å². The van der Waals surface area contributed by atoms with E-state index in [1.165, 1.54) is 10.5 Å². The number of anilines is 1. The van der Waals surface area contributed by atoms with Crippen molar-refractivity contribution in [2.24, 2.45) is 5.92 Å². The van der Waals surface area contributed by atoms with E-state index in [0.717, 1.165) is 62.8 Å². The summed E-state index contributed by atoms with van der Waals surface area (Å²) in [7, 11) is 3.31. The molecular weight excluding hydrogens is 498 g/mol. The second-order valence-electron chi connectivity index (χ2n) is 11.2. The van der Waals surface area contributed by atoms with Crippen molar-refractivity contribution in [1.82, 2.24) is 9.80 Å². The molecule has 0 spiro atoms. The van der Waals surface area contributed by atoms with Gasteiger partial charge in [-0.05, 0) is 31.0 Å². The van der Waals surface area contributed by atoms with Crippen LogP contribution in [0.3, 0.4) is 0 Å². The number of thioether (sulfide) groups is 1. The first-order valence-corrected chi connectivity index (χ1v) is 14.4. The summed E-state index contributed by atoms with van der Waals surface area (Å²) in [6.45, 7) is 13.0. The molecule has 2 heterocycles. The summed E-state index contributed by atoms with van der Waals surface area (Å²) < 4.78 is 16.8. The molecule has 208 valence electrons. The molecule has 4 rings (SSSR count). The van der Waals surface area contributed by atoms with Gasteiger partial charge in [0.1, 0.15) is 11.5 Å². The molecule has 0 saturated carbocycles. The van der Waals surface area contributed by atoms with Gasteiger partial charge in [0.25, 0.3) is 0 Å². The number of piperidine rings is 1. The van der Waals surface area contributed by atoms with Gasteiger partial charge in [-0.2, -0.15) is 0 Å². The van der Waals surface area contributed by atoms with Gasteiger partial charge in [-0.3, -0.25) is 4.90 Å². The zero-order valence-corrected chi connectivity index (χ0v) is 24.4. The van der Waals surface area contributed by atoms with Gasteiger partial charge >= 0.3 is 6.09 Å². The number of benzene rings is 2. The highest BCUT2D eigenvalue weighted by Crippen LogP contribution is 2.35. The Bertz CT molecular complexity index is 1040. The van der Waals surface area contributed by atoms with Gasteiger partial charge in [-0.15, -0.1) is 11.8 Å². The minimum atomic E-state index is -0.197. The van der Waals surface area contributed by atoms with Crippen molar-refractivity contribution in [3.8, 4) is 11.5 Å². The third-order valence-electron chi connectivity index (χ3n) is 7.07. The number of amides is 1. The summed E-state index contributed by atoms with van der Waals surface area (Å²) in [5.41, 5.74) is 2.43. The molecule has 2 aromatic rings. The van der Waals surface area contributed by atoms with Crippen LogP contribution >= 0.6 is 11.8 Å². The summed E-state index contributed by atoms with van der Waals surface area (Å²) in [6.07, 6.45) is 2.05. The Morgan fingerprint density at radius 3 is 2.32 bits per heavy atom. The number of carbonyl (C=O) groups excluding carboxylic acids is 1. The highest BCUT2D eigenvalue weighted by molar-refractivity contribution is 8.00. The Morgan fingerprint density at radius 1 is 0.974 bits per heavy atom. The Morgan fingerprint density at radius 2 is 1.66 bits per heavy atom. The number of nitrogens with zero attached hydrogens (tertiary/aromatic N) is 3. The second kappa shape index (κ2) is 13.0. The maximum absolute atomic E-state index is 12.9. The van der Waals surface area contributed by atoms with E-state index in [0.29, 0.717) is 25.6 Å². The maximum Gasteiger partial charge on any atom is 0.409 e. The molecule has 2 saturated heterocycles. The Labute approximate surface area is 232 Å². The summed E-state index contributed by atoms with van der Waals surface area (Å²) in [6, 6.07) is 14.6. The molecule has 0 N–H and O–H groups in total. The van der Waals surface area contributed by atoms with E-state index in [2.05, 4.69) is 54.8 Å². The molecule has 7 nitrogen and oxygen atoms in total. The van der Waals surface area contributed by atoms with Crippen LogP contribution in [0.15, 0.2) is 47.4 Å². The molecule has 1 atom stereocenters. The van der Waals surface area contributed by atoms with Gasteiger partial charge < -0.3 is 24.0 Å². The van der Waals surface area contributed by atoms with Gasteiger partial charge in [0.15, 0.2) is 0 Å². The molecule has 0 aromatic heterocycles. The van der Waals surface area contributed by atoms with Crippen LogP contribution in [0, 0.1) is 5.92 Å². The molecule has 0 bridgehead atoms. The Balaban J connectivity index is 1.24. The third-order valence-corrected chi connectivity index (χ3v) is 8.30. The largest absolute Gasteiger partial charge is 0.497 e. The van der Waals surface area contributed by atoms with Crippen molar-refractivity contribution in [3.63, 3.8) is 0 Å². The lowest BCUT2D eigenvalue weighted by Crippen LogP contribution is -2.49. The number of methoxy groups -OCH3 is 2. The summed E-state index contributed by atoms with van der Waals surface area (Å²) in [5, 5.41) is 0. The van der Waals surface area contributed by atoms with Crippen molar-refractivity contribution < 1.29 is 19.0 Å². The number of piperazine rings is 1. The zero-order chi connectivity index (χ0) is 27.1. The average molecular weight is 542 g/mol. The lowest BCUT2D eigenvalue weighted by molar-refractivity contribution is 0.0622. The van der Waals surface area contributed by atoms with Gasteiger partial charge in [0, 0.05) is 78.7 Å². The smallest absolute Gasteiger partial charge is 0.409 e. The molecule has 2 aromatic carbocycles. The van der Waals surface area contributed by atoms with E-state index in [1.807, 2.05) is 34.9 Å². The van der Waals surface area contributed by atoms with E-state index in [-0.39, 0.29) is 10.8 Å². The van der Waals surface area contributed by atoms with E-state index in [4.69, 9.17) is 14.2 Å². The SMILES string of the molecule is COc1cc(OC)cc(N2CCN(C(=O)OCC3CCCN(Cc4ccccc4SC(C)(C)C)C3)CC2)c1. The van der Waals surface area contributed by atoms with Crippen molar-refractivity contribution >= 4 is 23.5 Å². The molecule has 1 amide bonds. The first-order chi connectivity index (χ1) is 18.2. The number of carbonyl (C=O) groups is 1. The summed E-state index contributed by atoms with van der Waals surface area (Å²) >= 11 is 1.93. The molecule has 2 aliphatic heterocycles. The van der Waals surface area contributed by atoms with Crippen molar-refractivity contribution in [2.75, 3.05) is 65.0 Å². The quantitative estimate of drug-likeness (QED) is 0.394. The van der Waals surface area contributed by atoms with E-state index in [9.17, 15) is 4.79 Å². The van der Waals surface area contributed by atoms with Gasteiger partial charge in [-0.1, -0.05) is 39.0 Å². The number of rotatable bonds is 8. The lowest BCUT2D eigenvalue weighted by Gasteiger charge is -2.36. The molecule has 38 heavy (non-hydrogen) atoms. The zero-order valence-electron chi connectivity index (χ0n) is 23.6. The molecule has 1 unspecified atom stereocenters. The van der Waals surface area contributed by atoms with Gasteiger partial charge in [-0.25, -0.2) is 4.79 Å². The standard InChI is InChI=1S/C30H43N3O4S/c1-30(2,3)38-28-11-7-6-10-24(28)21-31-12-8-9-23(20-31)22-37-29(34)33-15-13-32(14-16-33)25-17-26(35-4)19-27(18-25)36-5/h6-7,10-11,17-19,23H,8-9,12-16,20-22H2,1-5H3. The van der Waals surface area contributed by atoms with Crippen LogP contribution in [0.1, 0.15) is 39.2 Å². The number of ether oxygens (including phenoxy) is 3. The molecule has 0 aliphatic carbocycles. The predicted molar refractivity (Wildman–Crippen MR) is 155 cm³/mol. The highest BCUT2D eigenvalue weighted by Gasteiger charge is 2.26. The first-order valence-electron chi connectivity index (χ1n) is 13.6. The topological polar surface area (TPSA) is 54.5 Å². The normalized spacial score (nSPS) is 18.8. The second-order valence-corrected chi connectivity index (χ2v) is 13.1. The van der Waals surface area contributed by atoms with Crippen LogP contribution < -0.4 is 14.4 Å². The molecule has 8 heteroatoms. The van der Waals surface area contributed by atoms with Crippen LogP contribution in [-0.2, 0) is 11.3 Å². The number of hydrogen-bond acceptors (Lipinski definition) is 7. The first kappa shape index (κ1) is 28.4. The molecule has 0 radical (unpaired) electrons. The Kier molecular flexibility index (Phi) is 9.71. The third kappa shape index (κ3) is 7.96. The van der Waals surface area contributed by atoms with E-state index in [1.54, 1.807) is 14.2 Å². The van der Waals surface area contributed by atoms with Crippen molar-refractivity contribution in [2.45, 2.75) is 49.8 Å². The van der Waals surface area contributed by atoms with Crippen molar-refractivity contribution in [3.05, 3.63) is 48.0 Å². The Hall–Kier alpha value is -2.58. The van der Waals surface area contributed by atoms with Crippen LogP contribution in [0.25, 0.3) is 0 Å². The van der Waals surface area contributed by atoms with Crippen LogP contribution in [-0.4, -0.2) is 80.7 Å².